The van der Waals surface area contributed by atoms with Gasteiger partial charge in [-0.05, 0) is 38.8 Å². The summed E-state index contributed by atoms with van der Waals surface area (Å²) in [5.41, 5.74) is 11.2. The Labute approximate surface area is 97.6 Å². The Morgan fingerprint density at radius 1 is 1.19 bits per heavy atom. The van der Waals surface area contributed by atoms with Crippen LogP contribution in [-0.2, 0) is 4.79 Å². The van der Waals surface area contributed by atoms with Crippen LogP contribution >= 0.6 is 0 Å². The molecule has 5 heteroatoms. The van der Waals surface area contributed by atoms with E-state index < -0.39 is 5.97 Å². The lowest BCUT2D eigenvalue weighted by atomic mass is 10.2. The topological polar surface area (TPSA) is 101 Å². The van der Waals surface area contributed by atoms with Crippen LogP contribution in [0.1, 0.15) is 44.9 Å². The van der Waals surface area contributed by atoms with E-state index >= 15 is 0 Å². The lowest BCUT2D eigenvalue weighted by molar-refractivity contribution is -0.137. The van der Waals surface area contributed by atoms with Gasteiger partial charge in [-0.2, -0.15) is 0 Å². The normalized spacial score (nSPS) is 12.6. The fourth-order valence-corrected chi connectivity index (χ4v) is 1.49. The number of nitrogens with two attached hydrogens (primary N) is 2. The molecule has 0 rings (SSSR count). The Balaban J connectivity index is 3.17. The van der Waals surface area contributed by atoms with Gasteiger partial charge in [-0.1, -0.05) is 12.8 Å². The lowest BCUT2D eigenvalue weighted by Gasteiger charge is -2.12. The molecule has 5 nitrogen and oxygen atoms in total. The molecule has 0 saturated heterocycles. The monoisotopic (exact) mass is 231 g/mol. The van der Waals surface area contributed by atoms with Crippen molar-refractivity contribution in [2.75, 3.05) is 13.1 Å². The maximum atomic E-state index is 10.3. The molecule has 0 aromatic carbocycles. The molecule has 0 amide bonds. The largest absolute Gasteiger partial charge is 0.481 e. The van der Waals surface area contributed by atoms with Gasteiger partial charge >= 0.3 is 5.97 Å². The molecule has 0 aliphatic carbocycles. The molecule has 1 atom stereocenters. The molecule has 0 aliphatic heterocycles. The number of hydrogen-bond donors (Lipinski definition) is 4. The second-order valence-electron chi connectivity index (χ2n) is 4.05. The molecule has 0 radical (unpaired) electrons. The lowest BCUT2D eigenvalue weighted by Crippen LogP contribution is -2.37. The highest BCUT2D eigenvalue weighted by Crippen LogP contribution is 1.99. The third kappa shape index (κ3) is 11.4. The van der Waals surface area contributed by atoms with Gasteiger partial charge in [0.05, 0.1) is 6.17 Å². The molecule has 0 aromatic rings. The Morgan fingerprint density at radius 2 is 1.88 bits per heavy atom. The highest BCUT2D eigenvalue weighted by Gasteiger charge is 2.03. The molecular formula is C11H25N3O2. The number of carbonyl (C=O) groups is 1. The van der Waals surface area contributed by atoms with Gasteiger partial charge in [0.25, 0.3) is 0 Å². The summed E-state index contributed by atoms with van der Waals surface area (Å²) < 4.78 is 0. The minimum Gasteiger partial charge on any atom is -0.481 e. The minimum atomic E-state index is -0.756. The maximum absolute atomic E-state index is 10.3. The van der Waals surface area contributed by atoms with Gasteiger partial charge in [-0.25, -0.2) is 0 Å². The molecule has 6 N–H and O–H groups in total. The van der Waals surface area contributed by atoms with E-state index in [1.54, 1.807) is 0 Å². The van der Waals surface area contributed by atoms with Crippen LogP contribution in [-0.4, -0.2) is 30.3 Å². The van der Waals surface area contributed by atoms with Crippen molar-refractivity contribution in [3.63, 3.8) is 0 Å². The van der Waals surface area contributed by atoms with Crippen molar-refractivity contribution in [1.29, 1.82) is 0 Å². The summed E-state index contributed by atoms with van der Waals surface area (Å²) in [6.07, 6.45) is 6.02. The van der Waals surface area contributed by atoms with Crippen molar-refractivity contribution in [2.24, 2.45) is 11.5 Å². The van der Waals surface area contributed by atoms with Crippen molar-refractivity contribution < 1.29 is 9.90 Å². The Bertz CT molecular complexity index is 177. The molecule has 1 unspecified atom stereocenters. The highest BCUT2D eigenvalue weighted by molar-refractivity contribution is 5.66. The third-order valence-corrected chi connectivity index (χ3v) is 2.44. The quantitative estimate of drug-likeness (QED) is 0.309. The van der Waals surface area contributed by atoms with Gasteiger partial charge < -0.3 is 21.9 Å². The predicted octanol–water partition coefficient (Wildman–Crippen LogP) is 0.635. The van der Waals surface area contributed by atoms with Crippen molar-refractivity contribution in [1.82, 2.24) is 5.32 Å². The highest BCUT2D eigenvalue weighted by atomic mass is 16.4. The molecule has 0 bridgehead atoms. The number of hydrogen-bond acceptors (Lipinski definition) is 4. The number of carboxylic acid groups (broad SMARTS) is 1. The first kappa shape index (κ1) is 15.3. The minimum absolute atomic E-state index is 0.0751. The summed E-state index contributed by atoms with van der Waals surface area (Å²) in [4.78, 5) is 10.3. The van der Waals surface area contributed by atoms with Gasteiger partial charge in [-0.15, -0.1) is 0 Å². The van der Waals surface area contributed by atoms with Crippen LogP contribution in [0.3, 0.4) is 0 Å². The van der Waals surface area contributed by atoms with Gasteiger partial charge in [-0.3, -0.25) is 4.79 Å². The molecule has 0 fully saturated rings. The van der Waals surface area contributed by atoms with Crippen molar-refractivity contribution >= 4 is 5.97 Å². The average molecular weight is 231 g/mol. The molecule has 0 saturated carbocycles. The number of carboxylic acids is 1. The summed E-state index contributed by atoms with van der Waals surface area (Å²) in [6.45, 7) is 1.67. The standard InChI is InChI=1S/C11H25N3O2/c12-8-3-1-2-4-9-14-10(13)6-5-7-11(15)16/h10,14H,1-9,12-13H2,(H,15,16). The predicted molar refractivity (Wildman–Crippen MR) is 65.0 cm³/mol. The van der Waals surface area contributed by atoms with Crippen molar-refractivity contribution in [3.05, 3.63) is 0 Å². The second kappa shape index (κ2) is 10.9. The van der Waals surface area contributed by atoms with Crippen molar-refractivity contribution in [2.45, 2.75) is 51.1 Å². The smallest absolute Gasteiger partial charge is 0.303 e. The Hall–Kier alpha value is -0.650. The van der Waals surface area contributed by atoms with Gasteiger partial charge in [0.1, 0.15) is 0 Å². The number of rotatable bonds is 11. The first-order valence-electron chi connectivity index (χ1n) is 6.07. The van der Waals surface area contributed by atoms with Gasteiger partial charge in [0.15, 0.2) is 0 Å². The van der Waals surface area contributed by atoms with E-state index in [2.05, 4.69) is 5.32 Å². The molecule has 0 heterocycles. The molecule has 96 valence electrons. The average Bonchev–Trinajstić information content (AvgIpc) is 2.22. The summed E-state index contributed by atoms with van der Waals surface area (Å²) in [5.74, 6) is -0.756. The number of aliphatic carboxylic acids is 1. The summed E-state index contributed by atoms with van der Waals surface area (Å²) in [6, 6.07) is 0. The fraction of sp³-hybridized carbons (Fsp3) is 0.909. The van der Waals surface area contributed by atoms with Gasteiger partial charge in [0, 0.05) is 6.42 Å². The number of nitrogens with one attached hydrogen (secondary N) is 1. The SMILES string of the molecule is NCCCCCCNC(N)CCCC(=O)O. The maximum Gasteiger partial charge on any atom is 0.303 e. The molecule has 0 aromatic heterocycles. The van der Waals surface area contributed by atoms with Crippen LogP contribution in [0.5, 0.6) is 0 Å². The van der Waals surface area contributed by atoms with E-state index in [4.69, 9.17) is 16.6 Å². The van der Waals surface area contributed by atoms with Crippen LogP contribution in [0.2, 0.25) is 0 Å². The van der Waals surface area contributed by atoms with Crippen LogP contribution in [0.15, 0.2) is 0 Å². The van der Waals surface area contributed by atoms with Gasteiger partial charge in [0.2, 0.25) is 0 Å². The third-order valence-electron chi connectivity index (χ3n) is 2.44. The van der Waals surface area contributed by atoms with E-state index in [0.717, 1.165) is 32.4 Å². The molecular weight excluding hydrogens is 206 g/mol. The van der Waals surface area contributed by atoms with Crippen LogP contribution in [0.25, 0.3) is 0 Å². The summed E-state index contributed by atoms with van der Waals surface area (Å²) in [5, 5.41) is 11.6. The summed E-state index contributed by atoms with van der Waals surface area (Å²) >= 11 is 0. The van der Waals surface area contributed by atoms with Crippen LogP contribution in [0.4, 0.5) is 0 Å². The van der Waals surface area contributed by atoms with E-state index in [0.29, 0.717) is 6.42 Å². The van der Waals surface area contributed by atoms with Crippen LogP contribution < -0.4 is 16.8 Å². The molecule has 0 spiro atoms. The zero-order chi connectivity index (χ0) is 12.2. The zero-order valence-electron chi connectivity index (χ0n) is 9.95. The first-order chi connectivity index (χ1) is 7.66. The first-order valence-corrected chi connectivity index (χ1v) is 6.07. The zero-order valence-corrected chi connectivity index (χ0v) is 9.95. The second-order valence-corrected chi connectivity index (χ2v) is 4.05. The van der Waals surface area contributed by atoms with E-state index in [1.165, 1.54) is 12.8 Å². The number of unbranched alkanes of at least 4 members (excludes halogenated alkanes) is 3. The molecule has 0 aliphatic rings. The Kier molecular flexibility index (Phi) is 10.4. The molecule has 16 heavy (non-hydrogen) atoms. The van der Waals surface area contributed by atoms with Crippen molar-refractivity contribution in [3.8, 4) is 0 Å². The Morgan fingerprint density at radius 3 is 2.50 bits per heavy atom. The van der Waals surface area contributed by atoms with E-state index in [-0.39, 0.29) is 12.6 Å². The summed E-state index contributed by atoms with van der Waals surface area (Å²) in [7, 11) is 0. The van der Waals surface area contributed by atoms with E-state index in [1.807, 2.05) is 0 Å². The van der Waals surface area contributed by atoms with E-state index in [9.17, 15) is 4.79 Å². The van der Waals surface area contributed by atoms with Crippen LogP contribution in [0, 0.1) is 0 Å². The fourth-order valence-electron chi connectivity index (χ4n) is 1.49.